The Bertz CT molecular complexity index is 661. The van der Waals surface area contributed by atoms with Crippen molar-refractivity contribution in [1.29, 1.82) is 0 Å². The summed E-state index contributed by atoms with van der Waals surface area (Å²) in [4.78, 5) is 5.42. The van der Waals surface area contributed by atoms with Crippen LogP contribution in [0, 0.1) is 0 Å². The summed E-state index contributed by atoms with van der Waals surface area (Å²) in [6.07, 6.45) is 3.85. The summed E-state index contributed by atoms with van der Waals surface area (Å²) in [5.41, 5.74) is 1.73. The van der Waals surface area contributed by atoms with Gasteiger partial charge < -0.3 is 9.84 Å². The molecular weight excluding hydrogens is 260 g/mol. The van der Waals surface area contributed by atoms with Gasteiger partial charge in [-0.05, 0) is 17.7 Å². The maximum absolute atomic E-state index is 10.3. The van der Waals surface area contributed by atoms with Crippen LogP contribution < -0.4 is 4.74 Å². The number of nitrogens with zero attached hydrogens (tertiary/aromatic N) is 2. The molecule has 2 heterocycles. The van der Waals surface area contributed by atoms with Gasteiger partial charge in [0.15, 0.2) is 4.96 Å². The van der Waals surface area contributed by atoms with Gasteiger partial charge in [-0.3, -0.25) is 4.40 Å². The van der Waals surface area contributed by atoms with Crippen molar-refractivity contribution in [2.75, 3.05) is 7.11 Å². The van der Waals surface area contributed by atoms with Crippen LogP contribution in [0.1, 0.15) is 17.4 Å². The molecule has 19 heavy (non-hydrogen) atoms. The van der Waals surface area contributed by atoms with Crippen LogP contribution in [0.2, 0.25) is 0 Å². The minimum Gasteiger partial charge on any atom is -0.497 e. The number of thiazole rings is 1. The average Bonchev–Trinajstić information content (AvgIpc) is 2.99. The van der Waals surface area contributed by atoms with Gasteiger partial charge in [0.2, 0.25) is 0 Å². The highest BCUT2D eigenvalue weighted by molar-refractivity contribution is 7.15. The molecule has 1 atom stereocenters. The van der Waals surface area contributed by atoms with E-state index in [1.54, 1.807) is 18.4 Å². The molecule has 1 unspecified atom stereocenters. The second-order valence-electron chi connectivity index (χ2n) is 4.32. The van der Waals surface area contributed by atoms with Crippen LogP contribution >= 0.6 is 11.3 Å². The number of rotatable bonds is 4. The fourth-order valence-electron chi connectivity index (χ4n) is 2.04. The Hall–Kier alpha value is -1.85. The third-order valence-electron chi connectivity index (χ3n) is 3.02. The topological polar surface area (TPSA) is 46.8 Å². The lowest BCUT2D eigenvalue weighted by Crippen LogP contribution is -2.02. The summed E-state index contributed by atoms with van der Waals surface area (Å²) in [6.45, 7) is 0. The molecule has 0 saturated carbocycles. The summed E-state index contributed by atoms with van der Waals surface area (Å²) >= 11 is 1.59. The van der Waals surface area contributed by atoms with Crippen molar-refractivity contribution < 1.29 is 9.84 Å². The predicted molar refractivity (Wildman–Crippen MR) is 74.7 cm³/mol. The van der Waals surface area contributed by atoms with Crippen LogP contribution in [-0.4, -0.2) is 21.6 Å². The van der Waals surface area contributed by atoms with Gasteiger partial charge in [0.05, 0.1) is 18.9 Å². The van der Waals surface area contributed by atoms with Gasteiger partial charge in [-0.1, -0.05) is 12.1 Å². The first-order valence-electron chi connectivity index (χ1n) is 5.99. The van der Waals surface area contributed by atoms with Crippen molar-refractivity contribution in [3.63, 3.8) is 0 Å². The SMILES string of the molecule is COc1cccc(C(O)Cc2cn3ccsc3n2)c1. The summed E-state index contributed by atoms with van der Waals surface area (Å²) in [5.74, 6) is 0.752. The van der Waals surface area contributed by atoms with Crippen LogP contribution in [0.4, 0.5) is 0 Å². The number of aliphatic hydroxyl groups excluding tert-OH is 1. The Kier molecular flexibility index (Phi) is 3.23. The van der Waals surface area contributed by atoms with E-state index in [1.807, 2.05) is 46.4 Å². The fourth-order valence-corrected chi connectivity index (χ4v) is 2.76. The van der Waals surface area contributed by atoms with E-state index in [1.165, 1.54) is 0 Å². The minimum absolute atomic E-state index is 0.502. The zero-order chi connectivity index (χ0) is 13.2. The second-order valence-corrected chi connectivity index (χ2v) is 5.19. The summed E-state index contributed by atoms with van der Waals surface area (Å²) in [7, 11) is 1.62. The van der Waals surface area contributed by atoms with E-state index in [4.69, 9.17) is 4.74 Å². The summed E-state index contributed by atoms with van der Waals surface area (Å²) < 4.78 is 7.13. The third kappa shape index (κ3) is 2.47. The number of methoxy groups -OCH3 is 1. The van der Waals surface area contributed by atoms with E-state index in [0.717, 1.165) is 22.0 Å². The maximum atomic E-state index is 10.3. The van der Waals surface area contributed by atoms with Crippen molar-refractivity contribution in [3.8, 4) is 5.75 Å². The van der Waals surface area contributed by atoms with Crippen molar-refractivity contribution in [3.05, 3.63) is 53.3 Å². The van der Waals surface area contributed by atoms with Crippen molar-refractivity contribution in [2.45, 2.75) is 12.5 Å². The molecule has 98 valence electrons. The Morgan fingerprint density at radius 3 is 3.16 bits per heavy atom. The number of benzene rings is 1. The minimum atomic E-state index is -0.570. The van der Waals surface area contributed by atoms with Crippen molar-refractivity contribution in [2.24, 2.45) is 0 Å². The van der Waals surface area contributed by atoms with E-state index in [2.05, 4.69) is 4.98 Å². The molecular formula is C14H14N2O2S. The number of aliphatic hydroxyl groups is 1. The standard InChI is InChI=1S/C14H14N2O2S/c1-18-12-4-2-3-10(7-12)13(17)8-11-9-16-5-6-19-14(16)15-11/h2-7,9,13,17H,8H2,1H3. The fraction of sp³-hybridized carbons (Fsp3) is 0.214. The monoisotopic (exact) mass is 274 g/mol. The van der Waals surface area contributed by atoms with E-state index in [-0.39, 0.29) is 0 Å². The van der Waals surface area contributed by atoms with Crippen LogP contribution in [0.5, 0.6) is 5.75 Å². The second kappa shape index (κ2) is 5.03. The molecule has 1 N–H and O–H groups in total. The van der Waals surface area contributed by atoms with Gasteiger partial charge in [0.25, 0.3) is 0 Å². The van der Waals surface area contributed by atoms with Crippen molar-refractivity contribution in [1.82, 2.24) is 9.38 Å². The Balaban J connectivity index is 1.80. The Labute approximate surface area is 114 Å². The third-order valence-corrected chi connectivity index (χ3v) is 3.79. The highest BCUT2D eigenvalue weighted by Gasteiger charge is 2.12. The maximum Gasteiger partial charge on any atom is 0.193 e. The van der Waals surface area contributed by atoms with Gasteiger partial charge in [-0.25, -0.2) is 4.98 Å². The van der Waals surface area contributed by atoms with Gasteiger partial charge in [0, 0.05) is 24.2 Å². The number of aromatic nitrogens is 2. The first kappa shape index (κ1) is 12.2. The van der Waals surface area contributed by atoms with Crippen LogP contribution in [0.25, 0.3) is 4.96 Å². The lowest BCUT2D eigenvalue weighted by Gasteiger charge is -2.10. The Morgan fingerprint density at radius 1 is 1.47 bits per heavy atom. The van der Waals surface area contributed by atoms with Gasteiger partial charge in [-0.15, -0.1) is 11.3 Å². The molecule has 0 amide bonds. The molecule has 3 aromatic rings. The first-order chi connectivity index (χ1) is 9.26. The number of fused-ring (bicyclic) bond motifs is 1. The number of imidazole rings is 1. The number of hydrogen-bond donors (Lipinski definition) is 1. The van der Waals surface area contributed by atoms with Crippen LogP contribution in [-0.2, 0) is 6.42 Å². The molecule has 0 spiro atoms. The molecule has 0 saturated heterocycles. The van der Waals surface area contributed by atoms with E-state index in [0.29, 0.717) is 6.42 Å². The zero-order valence-corrected chi connectivity index (χ0v) is 11.3. The van der Waals surface area contributed by atoms with Gasteiger partial charge in [0.1, 0.15) is 5.75 Å². The molecule has 0 radical (unpaired) electrons. The van der Waals surface area contributed by atoms with E-state index < -0.39 is 6.10 Å². The highest BCUT2D eigenvalue weighted by Crippen LogP contribution is 2.22. The summed E-state index contributed by atoms with van der Waals surface area (Å²) in [6, 6.07) is 7.49. The van der Waals surface area contributed by atoms with Gasteiger partial charge in [-0.2, -0.15) is 0 Å². The normalized spacial score (nSPS) is 12.7. The summed E-state index contributed by atoms with van der Waals surface area (Å²) in [5, 5.41) is 12.2. The molecule has 0 bridgehead atoms. The smallest absolute Gasteiger partial charge is 0.193 e. The predicted octanol–water partition coefficient (Wildman–Crippen LogP) is 2.68. The van der Waals surface area contributed by atoms with Crippen LogP contribution in [0.3, 0.4) is 0 Å². The molecule has 4 nitrogen and oxygen atoms in total. The molecule has 2 aromatic heterocycles. The number of ether oxygens (including phenoxy) is 1. The molecule has 0 aliphatic carbocycles. The molecule has 0 aliphatic heterocycles. The average molecular weight is 274 g/mol. The van der Waals surface area contributed by atoms with Crippen LogP contribution in [0.15, 0.2) is 42.0 Å². The highest BCUT2D eigenvalue weighted by atomic mass is 32.1. The first-order valence-corrected chi connectivity index (χ1v) is 6.87. The molecule has 0 aliphatic rings. The quantitative estimate of drug-likeness (QED) is 0.795. The largest absolute Gasteiger partial charge is 0.497 e. The lowest BCUT2D eigenvalue weighted by molar-refractivity contribution is 0.177. The van der Waals surface area contributed by atoms with E-state index in [9.17, 15) is 5.11 Å². The molecule has 5 heteroatoms. The van der Waals surface area contributed by atoms with Gasteiger partial charge >= 0.3 is 0 Å². The zero-order valence-electron chi connectivity index (χ0n) is 10.5. The lowest BCUT2D eigenvalue weighted by atomic mass is 10.1. The molecule has 0 fully saturated rings. The van der Waals surface area contributed by atoms with Crippen molar-refractivity contribution >= 4 is 16.3 Å². The Morgan fingerprint density at radius 2 is 2.37 bits per heavy atom. The molecule has 1 aromatic carbocycles. The van der Waals surface area contributed by atoms with E-state index >= 15 is 0 Å². The number of hydrogen-bond acceptors (Lipinski definition) is 4. The molecule has 3 rings (SSSR count).